The number of hydrogen-bond acceptors (Lipinski definition) is 2. The molecule has 100 valence electrons. The smallest absolute Gasteiger partial charge is 0.0300 e. The number of likely N-dealkylation sites (N-methyl/N-ethyl adjacent to an activating group) is 1. The second-order valence-electron chi connectivity index (χ2n) is 5.17. The van der Waals surface area contributed by atoms with E-state index >= 15 is 0 Å². The number of nitrogens with one attached hydrogen (secondary N) is 1. The molecule has 0 fully saturated rings. The summed E-state index contributed by atoms with van der Waals surface area (Å²) in [6, 6.07) is 11.3. The summed E-state index contributed by atoms with van der Waals surface area (Å²) in [4.78, 5) is 4.18. The van der Waals surface area contributed by atoms with Gasteiger partial charge >= 0.3 is 0 Å². The normalized spacial score (nSPS) is 12.4. The van der Waals surface area contributed by atoms with Crippen LogP contribution in [0.3, 0.4) is 0 Å². The zero-order valence-electron chi connectivity index (χ0n) is 12.0. The summed E-state index contributed by atoms with van der Waals surface area (Å²) in [6.45, 7) is 4.33. The molecule has 0 aliphatic carbocycles. The second kappa shape index (κ2) is 6.48. The van der Waals surface area contributed by atoms with Gasteiger partial charge in [0.15, 0.2) is 0 Å². The van der Waals surface area contributed by atoms with Crippen molar-refractivity contribution < 1.29 is 0 Å². The van der Waals surface area contributed by atoms with E-state index in [4.69, 9.17) is 0 Å². The molecule has 19 heavy (non-hydrogen) atoms. The van der Waals surface area contributed by atoms with Crippen LogP contribution in [0.15, 0.2) is 42.7 Å². The Kier molecular flexibility index (Phi) is 4.69. The maximum Gasteiger partial charge on any atom is 0.0300 e. The number of benzene rings is 1. The van der Waals surface area contributed by atoms with E-state index in [-0.39, 0.29) is 0 Å². The van der Waals surface area contributed by atoms with Crippen molar-refractivity contribution in [3.63, 3.8) is 0 Å². The minimum absolute atomic E-state index is 0.450. The van der Waals surface area contributed by atoms with Gasteiger partial charge in [0.2, 0.25) is 0 Å². The molecule has 1 aromatic heterocycles. The molecule has 2 nitrogen and oxygen atoms in total. The number of pyridine rings is 1. The maximum atomic E-state index is 4.18. The monoisotopic (exact) mass is 254 g/mol. The minimum atomic E-state index is 0.450. The van der Waals surface area contributed by atoms with Crippen molar-refractivity contribution in [2.45, 2.75) is 32.7 Å². The molecule has 0 spiro atoms. The maximum absolute atomic E-state index is 4.18. The third-order valence-corrected chi connectivity index (χ3v) is 3.67. The SMILES string of the molecule is CNC(Cc1cccnc1)Cc1ccc(C)c(C)c1. The van der Waals surface area contributed by atoms with Gasteiger partial charge in [-0.3, -0.25) is 4.98 Å². The zero-order chi connectivity index (χ0) is 13.7. The Morgan fingerprint density at radius 1 is 1.05 bits per heavy atom. The van der Waals surface area contributed by atoms with Crippen molar-refractivity contribution >= 4 is 0 Å². The van der Waals surface area contributed by atoms with Gasteiger partial charge in [-0.15, -0.1) is 0 Å². The van der Waals surface area contributed by atoms with E-state index in [9.17, 15) is 0 Å². The van der Waals surface area contributed by atoms with Crippen LogP contribution in [0.1, 0.15) is 22.3 Å². The van der Waals surface area contributed by atoms with Crippen LogP contribution in [-0.2, 0) is 12.8 Å². The first-order chi connectivity index (χ1) is 9.19. The lowest BCUT2D eigenvalue weighted by molar-refractivity contribution is 0.555. The minimum Gasteiger partial charge on any atom is -0.316 e. The molecule has 0 bridgehead atoms. The third-order valence-electron chi connectivity index (χ3n) is 3.67. The number of hydrogen-bond donors (Lipinski definition) is 1. The summed E-state index contributed by atoms with van der Waals surface area (Å²) in [5, 5.41) is 3.41. The molecule has 1 unspecified atom stereocenters. The number of rotatable bonds is 5. The lowest BCUT2D eigenvalue weighted by atomic mass is 9.97. The first-order valence-electron chi connectivity index (χ1n) is 6.81. The summed E-state index contributed by atoms with van der Waals surface area (Å²) in [7, 11) is 2.03. The number of nitrogens with zero attached hydrogens (tertiary/aromatic N) is 1. The fourth-order valence-electron chi connectivity index (χ4n) is 2.29. The molecule has 2 aromatic rings. The van der Waals surface area contributed by atoms with Gasteiger partial charge in [0.1, 0.15) is 0 Å². The van der Waals surface area contributed by atoms with Gasteiger partial charge in [-0.2, -0.15) is 0 Å². The van der Waals surface area contributed by atoms with Gasteiger partial charge in [-0.05, 0) is 62.1 Å². The van der Waals surface area contributed by atoms with Crippen molar-refractivity contribution in [1.29, 1.82) is 0 Å². The Hall–Kier alpha value is -1.67. The van der Waals surface area contributed by atoms with Crippen molar-refractivity contribution in [3.8, 4) is 0 Å². The largest absolute Gasteiger partial charge is 0.316 e. The van der Waals surface area contributed by atoms with Crippen molar-refractivity contribution in [2.75, 3.05) is 7.05 Å². The van der Waals surface area contributed by atoms with Crippen LogP contribution in [0, 0.1) is 13.8 Å². The zero-order valence-corrected chi connectivity index (χ0v) is 12.0. The summed E-state index contributed by atoms with van der Waals surface area (Å²) < 4.78 is 0. The molecular weight excluding hydrogens is 232 g/mol. The van der Waals surface area contributed by atoms with E-state index in [0.29, 0.717) is 6.04 Å². The highest BCUT2D eigenvalue weighted by atomic mass is 14.9. The highest BCUT2D eigenvalue weighted by molar-refractivity contribution is 5.30. The van der Waals surface area contributed by atoms with E-state index in [0.717, 1.165) is 12.8 Å². The molecule has 1 aromatic carbocycles. The van der Waals surface area contributed by atoms with Crippen LogP contribution < -0.4 is 5.32 Å². The molecule has 1 atom stereocenters. The van der Waals surface area contributed by atoms with Gasteiger partial charge in [-0.25, -0.2) is 0 Å². The van der Waals surface area contributed by atoms with E-state index in [1.54, 1.807) is 0 Å². The van der Waals surface area contributed by atoms with E-state index < -0.39 is 0 Å². The summed E-state index contributed by atoms with van der Waals surface area (Å²) >= 11 is 0. The predicted octanol–water partition coefficient (Wildman–Crippen LogP) is 3.07. The van der Waals surface area contributed by atoms with Crippen LogP contribution >= 0.6 is 0 Å². The number of aromatic nitrogens is 1. The summed E-state index contributed by atoms with van der Waals surface area (Å²) in [6.07, 6.45) is 5.83. The Morgan fingerprint density at radius 3 is 2.47 bits per heavy atom. The van der Waals surface area contributed by atoms with Gasteiger partial charge in [0.25, 0.3) is 0 Å². The molecule has 1 heterocycles. The average Bonchev–Trinajstić information content (AvgIpc) is 2.43. The molecule has 2 heteroatoms. The molecule has 0 saturated carbocycles. The molecular formula is C17H22N2. The van der Waals surface area contributed by atoms with Crippen LogP contribution in [0.2, 0.25) is 0 Å². The standard InChI is InChI=1S/C17H22N2/c1-13-6-7-15(9-14(13)2)10-17(18-3)11-16-5-4-8-19-12-16/h4-9,12,17-18H,10-11H2,1-3H3. The van der Waals surface area contributed by atoms with Gasteiger partial charge < -0.3 is 5.32 Å². The third kappa shape index (κ3) is 3.90. The Bertz CT molecular complexity index is 520. The molecule has 0 saturated heterocycles. The first kappa shape index (κ1) is 13.8. The number of aryl methyl sites for hydroxylation is 2. The van der Waals surface area contributed by atoms with Crippen LogP contribution in [-0.4, -0.2) is 18.1 Å². The molecule has 2 rings (SSSR count). The first-order valence-corrected chi connectivity index (χ1v) is 6.81. The lowest BCUT2D eigenvalue weighted by Crippen LogP contribution is -2.30. The Balaban J connectivity index is 2.04. The van der Waals surface area contributed by atoms with E-state index in [1.807, 2.05) is 25.5 Å². The van der Waals surface area contributed by atoms with E-state index in [1.165, 1.54) is 22.3 Å². The Labute approximate surface area is 115 Å². The highest BCUT2D eigenvalue weighted by Crippen LogP contribution is 2.13. The summed E-state index contributed by atoms with van der Waals surface area (Å²) in [5.41, 5.74) is 5.41. The molecule has 0 amide bonds. The lowest BCUT2D eigenvalue weighted by Gasteiger charge is -2.17. The van der Waals surface area contributed by atoms with Crippen molar-refractivity contribution in [2.24, 2.45) is 0 Å². The Morgan fingerprint density at radius 2 is 1.84 bits per heavy atom. The molecule has 0 aliphatic rings. The second-order valence-corrected chi connectivity index (χ2v) is 5.17. The molecule has 0 aliphatic heterocycles. The van der Waals surface area contributed by atoms with Crippen molar-refractivity contribution in [1.82, 2.24) is 10.3 Å². The fourth-order valence-corrected chi connectivity index (χ4v) is 2.29. The summed E-state index contributed by atoms with van der Waals surface area (Å²) in [5.74, 6) is 0. The van der Waals surface area contributed by atoms with Gasteiger partial charge in [-0.1, -0.05) is 24.3 Å². The quantitative estimate of drug-likeness (QED) is 0.887. The van der Waals surface area contributed by atoms with Gasteiger partial charge in [0.05, 0.1) is 0 Å². The van der Waals surface area contributed by atoms with Gasteiger partial charge in [0, 0.05) is 18.4 Å². The fraction of sp³-hybridized carbons (Fsp3) is 0.353. The van der Waals surface area contributed by atoms with Crippen LogP contribution in [0.4, 0.5) is 0 Å². The molecule has 1 N–H and O–H groups in total. The van der Waals surface area contributed by atoms with Crippen molar-refractivity contribution in [3.05, 3.63) is 65.0 Å². The van der Waals surface area contributed by atoms with E-state index in [2.05, 4.69) is 48.4 Å². The van der Waals surface area contributed by atoms with Crippen LogP contribution in [0.25, 0.3) is 0 Å². The highest BCUT2D eigenvalue weighted by Gasteiger charge is 2.09. The molecule has 0 radical (unpaired) electrons. The topological polar surface area (TPSA) is 24.9 Å². The predicted molar refractivity (Wildman–Crippen MR) is 80.4 cm³/mol. The van der Waals surface area contributed by atoms with Crippen LogP contribution in [0.5, 0.6) is 0 Å². The average molecular weight is 254 g/mol.